The van der Waals surface area contributed by atoms with Gasteiger partial charge in [-0.3, -0.25) is 4.72 Å². The van der Waals surface area contributed by atoms with Crippen molar-refractivity contribution in [2.24, 2.45) is 0 Å². The first-order valence-electron chi connectivity index (χ1n) is 5.38. The molecule has 18 heavy (non-hydrogen) atoms. The summed E-state index contributed by atoms with van der Waals surface area (Å²) in [5.74, 6) is 0. The highest BCUT2D eigenvalue weighted by Gasteiger charge is 2.02. The molecule has 0 heterocycles. The number of nitrogen functional groups attached to an aromatic ring is 1. The summed E-state index contributed by atoms with van der Waals surface area (Å²) in [7, 11) is -3.23. The molecule has 0 saturated carbocycles. The van der Waals surface area contributed by atoms with Crippen LogP contribution < -0.4 is 10.5 Å². The Labute approximate surface area is 107 Å². The van der Waals surface area contributed by atoms with Gasteiger partial charge in [-0.05, 0) is 35.4 Å². The first kappa shape index (κ1) is 12.4. The van der Waals surface area contributed by atoms with E-state index in [4.69, 9.17) is 5.73 Å². The molecule has 0 aliphatic rings. The molecule has 0 spiro atoms. The zero-order chi connectivity index (χ0) is 13.2. The summed E-state index contributed by atoms with van der Waals surface area (Å²) in [6.07, 6.45) is 1.12. The summed E-state index contributed by atoms with van der Waals surface area (Å²) in [6.45, 7) is 0. The van der Waals surface area contributed by atoms with E-state index >= 15 is 0 Å². The minimum Gasteiger partial charge on any atom is -0.399 e. The third-order valence-electron chi connectivity index (χ3n) is 2.41. The number of hydrogen-bond acceptors (Lipinski definition) is 3. The maximum Gasteiger partial charge on any atom is 0.229 e. The van der Waals surface area contributed by atoms with Crippen LogP contribution in [0.1, 0.15) is 0 Å². The summed E-state index contributed by atoms with van der Waals surface area (Å²) in [5.41, 5.74) is 8.95. The van der Waals surface area contributed by atoms with E-state index in [0.717, 1.165) is 17.4 Å². The van der Waals surface area contributed by atoms with Crippen LogP contribution in [0.25, 0.3) is 11.1 Å². The Kier molecular flexibility index (Phi) is 3.25. The molecule has 2 aromatic carbocycles. The molecule has 0 fully saturated rings. The van der Waals surface area contributed by atoms with Gasteiger partial charge >= 0.3 is 0 Å². The molecule has 2 aromatic rings. The highest BCUT2D eigenvalue weighted by Crippen LogP contribution is 2.23. The minimum absolute atomic E-state index is 0.546. The number of nitrogens with two attached hydrogens (primary N) is 1. The molecule has 0 unspecified atom stereocenters. The molecule has 0 radical (unpaired) electrons. The van der Waals surface area contributed by atoms with E-state index in [0.29, 0.717) is 11.4 Å². The van der Waals surface area contributed by atoms with Gasteiger partial charge in [0.15, 0.2) is 0 Å². The predicted octanol–water partition coefficient (Wildman–Crippen LogP) is 2.31. The molecule has 2 rings (SSSR count). The quantitative estimate of drug-likeness (QED) is 0.834. The average Bonchev–Trinajstić information content (AvgIpc) is 2.28. The molecular weight excluding hydrogens is 248 g/mol. The number of sulfonamides is 1. The van der Waals surface area contributed by atoms with Gasteiger partial charge in [0.05, 0.1) is 6.26 Å². The summed E-state index contributed by atoms with van der Waals surface area (Å²) in [5, 5.41) is 0. The molecular formula is C13H14N2O2S. The highest BCUT2D eigenvalue weighted by atomic mass is 32.2. The Balaban J connectivity index is 2.28. The van der Waals surface area contributed by atoms with Crippen LogP contribution in [0.2, 0.25) is 0 Å². The molecule has 0 atom stereocenters. The topological polar surface area (TPSA) is 72.2 Å². The second-order valence-electron chi connectivity index (χ2n) is 4.08. The molecule has 4 nitrogen and oxygen atoms in total. The van der Waals surface area contributed by atoms with Crippen molar-refractivity contribution in [2.75, 3.05) is 16.7 Å². The lowest BCUT2D eigenvalue weighted by molar-refractivity contribution is 0.607. The fourth-order valence-electron chi connectivity index (χ4n) is 1.66. The normalized spacial score (nSPS) is 11.2. The predicted molar refractivity (Wildman–Crippen MR) is 74.8 cm³/mol. The molecule has 5 heteroatoms. The number of nitrogens with one attached hydrogen (secondary N) is 1. The van der Waals surface area contributed by atoms with Crippen molar-refractivity contribution >= 4 is 21.4 Å². The number of rotatable bonds is 3. The lowest BCUT2D eigenvalue weighted by Crippen LogP contribution is -2.09. The van der Waals surface area contributed by atoms with E-state index in [9.17, 15) is 8.42 Å². The summed E-state index contributed by atoms with van der Waals surface area (Å²) < 4.78 is 24.6. The van der Waals surface area contributed by atoms with Gasteiger partial charge in [-0.15, -0.1) is 0 Å². The van der Waals surface area contributed by atoms with E-state index in [2.05, 4.69) is 4.72 Å². The second-order valence-corrected chi connectivity index (χ2v) is 5.83. The van der Waals surface area contributed by atoms with Crippen molar-refractivity contribution in [2.45, 2.75) is 0 Å². The third-order valence-corrected chi connectivity index (χ3v) is 3.01. The molecule has 3 N–H and O–H groups in total. The van der Waals surface area contributed by atoms with Crippen molar-refractivity contribution in [3.63, 3.8) is 0 Å². The molecule has 94 valence electrons. The lowest BCUT2D eigenvalue weighted by atomic mass is 10.1. The van der Waals surface area contributed by atoms with Gasteiger partial charge in [0, 0.05) is 11.4 Å². The maximum atomic E-state index is 11.1. The van der Waals surface area contributed by atoms with Gasteiger partial charge in [-0.25, -0.2) is 8.42 Å². The minimum atomic E-state index is -3.23. The molecule has 0 amide bonds. The zero-order valence-electron chi connectivity index (χ0n) is 9.92. The van der Waals surface area contributed by atoms with E-state index in [1.807, 2.05) is 36.4 Å². The smallest absolute Gasteiger partial charge is 0.229 e. The Morgan fingerprint density at radius 3 is 2.22 bits per heavy atom. The highest BCUT2D eigenvalue weighted by molar-refractivity contribution is 7.92. The van der Waals surface area contributed by atoms with Crippen molar-refractivity contribution < 1.29 is 8.42 Å². The average molecular weight is 262 g/mol. The van der Waals surface area contributed by atoms with E-state index in [-0.39, 0.29) is 0 Å². The van der Waals surface area contributed by atoms with Crippen LogP contribution in [0, 0.1) is 0 Å². The van der Waals surface area contributed by atoms with Crippen molar-refractivity contribution in [1.29, 1.82) is 0 Å². The van der Waals surface area contributed by atoms with Crippen LogP contribution >= 0.6 is 0 Å². The van der Waals surface area contributed by atoms with E-state index in [1.165, 1.54) is 0 Å². The Hall–Kier alpha value is -2.01. The first-order valence-corrected chi connectivity index (χ1v) is 7.27. The van der Waals surface area contributed by atoms with E-state index in [1.54, 1.807) is 12.1 Å². The van der Waals surface area contributed by atoms with Gasteiger partial charge in [0.1, 0.15) is 0 Å². The number of hydrogen-bond donors (Lipinski definition) is 2. The Bertz CT molecular complexity index is 649. The first-order chi connectivity index (χ1) is 8.44. The van der Waals surface area contributed by atoms with Crippen LogP contribution in [0.3, 0.4) is 0 Å². The van der Waals surface area contributed by atoms with Crippen molar-refractivity contribution in [3.05, 3.63) is 48.5 Å². The number of benzene rings is 2. The summed E-state index contributed by atoms with van der Waals surface area (Å²) in [4.78, 5) is 0. The van der Waals surface area contributed by atoms with Crippen LogP contribution in [0.4, 0.5) is 11.4 Å². The molecule has 0 aliphatic carbocycles. The fraction of sp³-hybridized carbons (Fsp3) is 0.0769. The van der Waals surface area contributed by atoms with Crippen LogP contribution in [-0.4, -0.2) is 14.7 Å². The van der Waals surface area contributed by atoms with Gasteiger partial charge in [0.25, 0.3) is 0 Å². The number of anilines is 2. The molecule has 0 bridgehead atoms. The third kappa shape index (κ3) is 3.24. The van der Waals surface area contributed by atoms with Gasteiger partial charge in [0.2, 0.25) is 10.0 Å². The van der Waals surface area contributed by atoms with Gasteiger partial charge in [-0.1, -0.05) is 24.3 Å². The second kappa shape index (κ2) is 4.70. The largest absolute Gasteiger partial charge is 0.399 e. The lowest BCUT2D eigenvalue weighted by Gasteiger charge is -2.06. The van der Waals surface area contributed by atoms with Crippen LogP contribution in [0.15, 0.2) is 48.5 Å². The van der Waals surface area contributed by atoms with Gasteiger partial charge < -0.3 is 5.73 Å². The Morgan fingerprint density at radius 1 is 1.00 bits per heavy atom. The summed E-state index contributed by atoms with van der Waals surface area (Å²) in [6, 6.07) is 14.7. The Morgan fingerprint density at radius 2 is 1.67 bits per heavy atom. The molecule has 0 aliphatic heterocycles. The van der Waals surface area contributed by atoms with Crippen molar-refractivity contribution in [1.82, 2.24) is 0 Å². The van der Waals surface area contributed by atoms with Crippen LogP contribution in [-0.2, 0) is 10.0 Å². The van der Waals surface area contributed by atoms with E-state index < -0.39 is 10.0 Å². The SMILES string of the molecule is CS(=O)(=O)Nc1ccc(-c2cccc(N)c2)cc1. The molecule has 0 saturated heterocycles. The zero-order valence-corrected chi connectivity index (χ0v) is 10.7. The van der Waals surface area contributed by atoms with Gasteiger partial charge in [-0.2, -0.15) is 0 Å². The maximum absolute atomic E-state index is 11.1. The summed E-state index contributed by atoms with van der Waals surface area (Å²) >= 11 is 0. The standard InChI is InChI=1S/C13H14N2O2S/c1-18(16,17)15-13-7-5-10(6-8-13)11-3-2-4-12(14)9-11/h2-9,15H,14H2,1H3. The molecule has 0 aromatic heterocycles. The van der Waals surface area contributed by atoms with Crippen molar-refractivity contribution in [3.8, 4) is 11.1 Å². The fourth-order valence-corrected chi connectivity index (χ4v) is 2.23. The van der Waals surface area contributed by atoms with Crippen LogP contribution in [0.5, 0.6) is 0 Å². The monoisotopic (exact) mass is 262 g/mol.